The van der Waals surface area contributed by atoms with Gasteiger partial charge in [0.05, 0.1) is 4.90 Å². The molecule has 0 aliphatic rings. The van der Waals surface area contributed by atoms with Crippen LogP contribution in [0.2, 0.25) is 0 Å². The first kappa shape index (κ1) is 16.6. The van der Waals surface area contributed by atoms with Crippen LogP contribution < -0.4 is 4.72 Å². The van der Waals surface area contributed by atoms with Crippen molar-refractivity contribution >= 4 is 16.0 Å². The normalized spacial score (nSPS) is 14.8. The largest absolute Gasteiger partial charge is 0.480 e. The van der Waals surface area contributed by atoms with Gasteiger partial charge in [0, 0.05) is 5.56 Å². The van der Waals surface area contributed by atoms with Gasteiger partial charge in [0.25, 0.3) is 0 Å². The smallest absolute Gasteiger partial charge is 0.322 e. The number of halogens is 1. The van der Waals surface area contributed by atoms with Crippen molar-refractivity contribution in [3.63, 3.8) is 0 Å². The molecule has 2 N–H and O–H groups in total. The van der Waals surface area contributed by atoms with E-state index in [-0.39, 0.29) is 16.4 Å². The standard InChI is InChI=1S/C13H18FNO4S/c1-4-8(2)12(13(16)17)15-20(18,19)11-7-5-6-10(14)9(11)3/h5-8,12,15H,4H2,1-3H3,(H,16,17)/t8-,12-/m0/s1. The Hall–Kier alpha value is -1.47. The fourth-order valence-corrected chi connectivity index (χ4v) is 3.31. The van der Waals surface area contributed by atoms with Crippen molar-refractivity contribution in [2.24, 2.45) is 5.92 Å². The molecule has 7 heteroatoms. The monoisotopic (exact) mass is 303 g/mol. The van der Waals surface area contributed by atoms with E-state index in [2.05, 4.69) is 4.72 Å². The van der Waals surface area contributed by atoms with Gasteiger partial charge < -0.3 is 5.11 Å². The third kappa shape index (κ3) is 3.55. The lowest BCUT2D eigenvalue weighted by Crippen LogP contribution is -2.45. The number of carboxylic acid groups (broad SMARTS) is 1. The number of benzene rings is 1. The van der Waals surface area contributed by atoms with Crippen molar-refractivity contribution < 1.29 is 22.7 Å². The number of nitrogens with one attached hydrogen (secondary N) is 1. The molecule has 0 bridgehead atoms. The molecule has 1 aromatic carbocycles. The average Bonchev–Trinajstić information content (AvgIpc) is 2.37. The maximum Gasteiger partial charge on any atom is 0.322 e. The zero-order valence-electron chi connectivity index (χ0n) is 11.6. The lowest BCUT2D eigenvalue weighted by molar-refractivity contribution is -0.140. The minimum atomic E-state index is -4.08. The van der Waals surface area contributed by atoms with Gasteiger partial charge in [0.15, 0.2) is 0 Å². The van der Waals surface area contributed by atoms with Gasteiger partial charge in [-0.1, -0.05) is 26.3 Å². The molecule has 0 heterocycles. The molecule has 0 fully saturated rings. The Morgan fingerprint density at radius 3 is 2.55 bits per heavy atom. The number of aliphatic carboxylic acids is 1. The van der Waals surface area contributed by atoms with E-state index in [1.165, 1.54) is 19.1 Å². The van der Waals surface area contributed by atoms with Gasteiger partial charge >= 0.3 is 5.97 Å². The van der Waals surface area contributed by atoms with E-state index in [0.717, 1.165) is 6.07 Å². The lowest BCUT2D eigenvalue weighted by atomic mass is 10.0. The maximum atomic E-state index is 13.4. The van der Waals surface area contributed by atoms with Gasteiger partial charge in [-0.05, 0) is 25.0 Å². The summed E-state index contributed by atoms with van der Waals surface area (Å²) in [5, 5.41) is 9.11. The van der Waals surface area contributed by atoms with Crippen molar-refractivity contribution in [3.05, 3.63) is 29.6 Å². The highest BCUT2D eigenvalue weighted by molar-refractivity contribution is 7.89. The van der Waals surface area contributed by atoms with Crippen molar-refractivity contribution in [1.82, 2.24) is 4.72 Å². The molecule has 0 aliphatic carbocycles. The second-order valence-electron chi connectivity index (χ2n) is 4.69. The number of hydrogen-bond donors (Lipinski definition) is 2. The zero-order chi connectivity index (χ0) is 15.5. The number of carboxylic acids is 1. The van der Waals surface area contributed by atoms with Crippen molar-refractivity contribution in [1.29, 1.82) is 0 Å². The summed E-state index contributed by atoms with van der Waals surface area (Å²) in [5.41, 5.74) is -0.0340. The number of sulfonamides is 1. The van der Waals surface area contributed by atoms with Crippen LogP contribution in [-0.2, 0) is 14.8 Å². The van der Waals surface area contributed by atoms with Crippen LogP contribution >= 0.6 is 0 Å². The molecule has 0 unspecified atom stereocenters. The topological polar surface area (TPSA) is 83.5 Å². The van der Waals surface area contributed by atoms with Crippen molar-refractivity contribution in [2.75, 3.05) is 0 Å². The van der Waals surface area contributed by atoms with E-state index < -0.39 is 27.9 Å². The van der Waals surface area contributed by atoms with E-state index in [4.69, 9.17) is 5.11 Å². The highest BCUT2D eigenvalue weighted by Gasteiger charge is 2.30. The molecular weight excluding hydrogens is 285 g/mol. The molecule has 1 rings (SSSR count). The molecule has 5 nitrogen and oxygen atoms in total. The molecule has 20 heavy (non-hydrogen) atoms. The van der Waals surface area contributed by atoms with E-state index in [1.807, 2.05) is 0 Å². The number of hydrogen-bond acceptors (Lipinski definition) is 3. The van der Waals surface area contributed by atoms with Crippen LogP contribution in [0.25, 0.3) is 0 Å². The van der Waals surface area contributed by atoms with Gasteiger partial charge in [-0.25, -0.2) is 12.8 Å². The highest BCUT2D eigenvalue weighted by Crippen LogP contribution is 2.19. The summed E-state index contributed by atoms with van der Waals surface area (Å²) in [4.78, 5) is 10.9. The van der Waals surface area contributed by atoms with Crippen molar-refractivity contribution in [2.45, 2.75) is 38.1 Å². The highest BCUT2D eigenvalue weighted by atomic mass is 32.2. The zero-order valence-corrected chi connectivity index (χ0v) is 12.4. The second kappa shape index (κ2) is 6.32. The van der Waals surface area contributed by atoms with E-state index >= 15 is 0 Å². The lowest BCUT2D eigenvalue weighted by Gasteiger charge is -2.20. The summed E-state index contributed by atoms with van der Waals surface area (Å²) in [5.74, 6) is -2.28. The second-order valence-corrected chi connectivity index (χ2v) is 6.37. The van der Waals surface area contributed by atoms with Crippen LogP contribution in [0.5, 0.6) is 0 Å². The van der Waals surface area contributed by atoms with Crippen molar-refractivity contribution in [3.8, 4) is 0 Å². The van der Waals surface area contributed by atoms with Gasteiger partial charge in [-0.15, -0.1) is 0 Å². The molecule has 0 saturated carbocycles. The Kier molecular flexibility index (Phi) is 5.24. The van der Waals surface area contributed by atoms with Gasteiger partial charge in [-0.2, -0.15) is 4.72 Å². The van der Waals surface area contributed by atoms with Crippen LogP contribution in [0.3, 0.4) is 0 Å². The molecule has 0 aliphatic heterocycles. The molecule has 112 valence electrons. The summed E-state index contributed by atoms with van der Waals surface area (Å²) in [7, 11) is -4.08. The Morgan fingerprint density at radius 1 is 1.45 bits per heavy atom. The van der Waals surface area contributed by atoms with E-state index in [9.17, 15) is 17.6 Å². The Balaban J connectivity index is 3.17. The summed E-state index contributed by atoms with van der Waals surface area (Å²) in [6, 6.07) is 2.43. The summed E-state index contributed by atoms with van der Waals surface area (Å²) < 4.78 is 40.0. The van der Waals surface area contributed by atoms with Crippen LogP contribution in [0.1, 0.15) is 25.8 Å². The average molecular weight is 303 g/mol. The molecule has 0 radical (unpaired) electrons. The summed E-state index contributed by atoms with van der Waals surface area (Å²) in [6.07, 6.45) is 0.502. The summed E-state index contributed by atoms with van der Waals surface area (Å²) in [6.45, 7) is 4.74. The van der Waals surface area contributed by atoms with Gasteiger partial charge in [0.2, 0.25) is 10.0 Å². The SMILES string of the molecule is CC[C@H](C)[C@H](NS(=O)(=O)c1cccc(F)c1C)C(=O)O. The quantitative estimate of drug-likeness (QED) is 0.841. The van der Waals surface area contributed by atoms with Gasteiger partial charge in [-0.3, -0.25) is 4.79 Å². The Labute approximate surface area is 117 Å². The predicted octanol–water partition coefficient (Wildman–Crippen LogP) is 1.91. The maximum absolute atomic E-state index is 13.4. The predicted molar refractivity (Wildman–Crippen MR) is 72.3 cm³/mol. The number of rotatable bonds is 6. The van der Waals surface area contributed by atoms with E-state index in [1.54, 1.807) is 13.8 Å². The molecule has 2 atom stereocenters. The minimum Gasteiger partial charge on any atom is -0.480 e. The number of carbonyl (C=O) groups is 1. The Morgan fingerprint density at radius 2 is 2.05 bits per heavy atom. The first-order valence-corrected chi connectivity index (χ1v) is 7.69. The van der Waals surface area contributed by atoms with Gasteiger partial charge in [0.1, 0.15) is 11.9 Å². The summed E-state index contributed by atoms with van der Waals surface area (Å²) >= 11 is 0. The Bertz CT molecular complexity index is 600. The fraction of sp³-hybridized carbons (Fsp3) is 0.462. The molecule has 0 amide bonds. The van der Waals surface area contributed by atoms with Crippen LogP contribution in [0.4, 0.5) is 4.39 Å². The molecule has 1 aromatic rings. The molecule has 0 aromatic heterocycles. The third-order valence-electron chi connectivity index (χ3n) is 3.27. The first-order valence-electron chi connectivity index (χ1n) is 6.21. The molecule has 0 spiro atoms. The van der Waals surface area contributed by atoms with E-state index in [0.29, 0.717) is 6.42 Å². The van der Waals surface area contributed by atoms with Crippen LogP contribution in [-0.4, -0.2) is 25.5 Å². The third-order valence-corrected chi connectivity index (χ3v) is 4.85. The molecular formula is C13H18FNO4S. The molecule has 0 saturated heterocycles. The minimum absolute atomic E-state index is 0.0340. The van der Waals surface area contributed by atoms with Crippen LogP contribution in [0.15, 0.2) is 23.1 Å². The van der Waals surface area contributed by atoms with Crippen LogP contribution in [0, 0.1) is 18.7 Å². The fourth-order valence-electron chi connectivity index (χ4n) is 1.76. The first-order chi connectivity index (χ1) is 9.20.